The molecule has 1 aliphatic rings. The molecule has 0 amide bonds. The first-order valence-electron chi connectivity index (χ1n) is 7.30. The van der Waals surface area contributed by atoms with Crippen LogP contribution in [0.5, 0.6) is 5.75 Å². The van der Waals surface area contributed by atoms with Crippen LogP contribution in [-0.2, 0) is 6.42 Å². The number of methoxy groups -OCH3 is 1. The van der Waals surface area contributed by atoms with E-state index in [0.717, 1.165) is 24.4 Å². The van der Waals surface area contributed by atoms with Gasteiger partial charge in [-0.1, -0.05) is 12.5 Å². The molecule has 2 N–H and O–H groups in total. The second-order valence-corrected chi connectivity index (χ2v) is 5.69. The van der Waals surface area contributed by atoms with Gasteiger partial charge in [0.2, 0.25) is 0 Å². The first-order valence-corrected chi connectivity index (χ1v) is 7.30. The van der Waals surface area contributed by atoms with E-state index in [9.17, 15) is 0 Å². The van der Waals surface area contributed by atoms with E-state index in [-0.39, 0.29) is 0 Å². The van der Waals surface area contributed by atoms with Crippen LogP contribution in [0.1, 0.15) is 38.7 Å². The third-order valence-electron chi connectivity index (χ3n) is 4.33. The largest absolute Gasteiger partial charge is 0.495 e. The lowest BCUT2D eigenvalue weighted by atomic mass is 9.97. The second kappa shape index (κ2) is 6.29. The Bertz CT molecular complexity index is 409. The Balaban J connectivity index is 1.96. The van der Waals surface area contributed by atoms with Crippen molar-refractivity contribution in [2.24, 2.45) is 0 Å². The van der Waals surface area contributed by atoms with Crippen molar-refractivity contribution in [2.75, 3.05) is 19.4 Å². The molecule has 1 aliphatic heterocycles. The molecule has 2 atom stereocenters. The molecule has 19 heavy (non-hydrogen) atoms. The Morgan fingerprint density at radius 3 is 2.53 bits per heavy atom. The number of nitrogens with two attached hydrogens (primary N) is 1. The monoisotopic (exact) mass is 262 g/mol. The van der Waals surface area contributed by atoms with Crippen LogP contribution in [0.25, 0.3) is 0 Å². The fourth-order valence-corrected chi connectivity index (χ4v) is 3.11. The molecule has 3 nitrogen and oxygen atoms in total. The van der Waals surface area contributed by atoms with Gasteiger partial charge in [-0.25, -0.2) is 0 Å². The van der Waals surface area contributed by atoms with Gasteiger partial charge in [-0.2, -0.15) is 0 Å². The Hall–Kier alpha value is -1.22. The Morgan fingerprint density at radius 2 is 1.95 bits per heavy atom. The fraction of sp³-hybridized carbons (Fsp3) is 0.625. The van der Waals surface area contributed by atoms with Crippen molar-refractivity contribution < 1.29 is 4.74 Å². The normalized spacial score (nSPS) is 24.4. The van der Waals surface area contributed by atoms with Gasteiger partial charge < -0.3 is 10.5 Å². The lowest BCUT2D eigenvalue weighted by molar-refractivity contribution is 0.105. The van der Waals surface area contributed by atoms with Crippen molar-refractivity contribution in [1.82, 2.24) is 4.90 Å². The van der Waals surface area contributed by atoms with E-state index in [4.69, 9.17) is 10.5 Å². The molecular formula is C16H26N2O. The minimum atomic E-state index is 0.708. The van der Waals surface area contributed by atoms with Gasteiger partial charge >= 0.3 is 0 Å². The number of nitrogens with zero attached hydrogens (tertiary/aromatic N) is 1. The standard InChI is InChI=1S/C16H26N2O/c1-12-5-4-6-13(2)18(12)10-9-14-7-8-16(19-3)15(17)11-14/h7-8,11-13H,4-6,9-10,17H2,1-3H3. The highest BCUT2D eigenvalue weighted by Gasteiger charge is 2.23. The summed E-state index contributed by atoms with van der Waals surface area (Å²) in [5, 5.41) is 0. The van der Waals surface area contributed by atoms with Gasteiger partial charge in [0.1, 0.15) is 5.75 Å². The molecule has 1 heterocycles. The van der Waals surface area contributed by atoms with E-state index < -0.39 is 0 Å². The number of anilines is 1. The van der Waals surface area contributed by atoms with Crippen LogP contribution in [-0.4, -0.2) is 30.6 Å². The third kappa shape index (κ3) is 3.41. The molecule has 0 bridgehead atoms. The third-order valence-corrected chi connectivity index (χ3v) is 4.33. The lowest BCUT2D eigenvalue weighted by Crippen LogP contribution is -2.44. The first-order chi connectivity index (χ1) is 9.11. The summed E-state index contributed by atoms with van der Waals surface area (Å²) in [6.45, 7) is 5.81. The summed E-state index contributed by atoms with van der Waals surface area (Å²) in [5.74, 6) is 0.767. The molecule has 1 aromatic carbocycles. The zero-order valence-corrected chi connectivity index (χ0v) is 12.4. The molecule has 1 aromatic rings. The summed E-state index contributed by atoms with van der Waals surface area (Å²) in [7, 11) is 1.66. The fourth-order valence-electron chi connectivity index (χ4n) is 3.11. The predicted molar refractivity (Wildman–Crippen MR) is 80.6 cm³/mol. The van der Waals surface area contributed by atoms with Gasteiger partial charge in [0.25, 0.3) is 0 Å². The molecule has 106 valence electrons. The zero-order valence-electron chi connectivity index (χ0n) is 12.4. The first kappa shape index (κ1) is 14.2. The average Bonchev–Trinajstić information content (AvgIpc) is 2.38. The van der Waals surface area contributed by atoms with Crippen molar-refractivity contribution in [1.29, 1.82) is 0 Å². The minimum absolute atomic E-state index is 0.708. The van der Waals surface area contributed by atoms with Crippen LogP contribution >= 0.6 is 0 Å². The van der Waals surface area contributed by atoms with Crippen molar-refractivity contribution in [3.05, 3.63) is 23.8 Å². The number of benzene rings is 1. The number of piperidine rings is 1. The number of hydrogen-bond donors (Lipinski definition) is 1. The Morgan fingerprint density at radius 1 is 1.26 bits per heavy atom. The Kier molecular flexibility index (Phi) is 4.70. The van der Waals surface area contributed by atoms with E-state index in [1.54, 1.807) is 7.11 Å². The molecule has 0 aliphatic carbocycles. The number of likely N-dealkylation sites (tertiary alicyclic amines) is 1. The van der Waals surface area contributed by atoms with Crippen molar-refractivity contribution >= 4 is 5.69 Å². The minimum Gasteiger partial charge on any atom is -0.495 e. The lowest BCUT2D eigenvalue weighted by Gasteiger charge is -2.39. The number of ether oxygens (including phenoxy) is 1. The number of rotatable bonds is 4. The summed E-state index contributed by atoms with van der Waals surface area (Å²) in [6.07, 6.45) is 5.08. The highest BCUT2D eigenvalue weighted by atomic mass is 16.5. The smallest absolute Gasteiger partial charge is 0.141 e. The van der Waals surface area contributed by atoms with Crippen LogP contribution in [0.4, 0.5) is 5.69 Å². The maximum Gasteiger partial charge on any atom is 0.141 e. The summed E-state index contributed by atoms with van der Waals surface area (Å²) in [4.78, 5) is 2.63. The van der Waals surface area contributed by atoms with E-state index in [1.807, 2.05) is 12.1 Å². The van der Waals surface area contributed by atoms with Crippen LogP contribution in [0.2, 0.25) is 0 Å². The van der Waals surface area contributed by atoms with Gasteiger partial charge in [0.05, 0.1) is 12.8 Å². The van der Waals surface area contributed by atoms with Crippen LogP contribution in [0, 0.1) is 0 Å². The summed E-state index contributed by atoms with van der Waals surface area (Å²) < 4.78 is 5.19. The summed E-state index contributed by atoms with van der Waals surface area (Å²) in [5.41, 5.74) is 7.99. The molecule has 0 radical (unpaired) electrons. The molecule has 0 aromatic heterocycles. The summed E-state index contributed by atoms with van der Waals surface area (Å²) in [6, 6.07) is 7.54. The molecule has 1 fully saturated rings. The van der Waals surface area contributed by atoms with Crippen LogP contribution in [0.3, 0.4) is 0 Å². The van der Waals surface area contributed by atoms with Crippen molar-refractivity contribution in [2.45, 2.75) is 51.6 Å². The van der Waals surface area contributed by atoms with Gasteiger partial charge in [0, 0.05) is 18.6 Å². The maximum atomic E-state index is 5.96. The SMILES string of the molecule is COc1ccc(CCN2C(C)CCCC2C)cc1N. The highest BCUT2D eigenvalue weighted by Crippen LogP contribution is 2.25. The van der Waals surface area contributed by atoms with Crippen molar-refractivity contribution in [3.63, 3.8) is 0 Å². The van der Waals surface area contributed by atoms with E-state index >= 15 is 0 Å². The molecule has 0 spiro atoms. The summed E-state index contributed by atoms with van der Waals surface area (Å²) >= 11 is 0. The van der Waals surface area contributed by atoms with Gasteiger partial charge in [-0.3, -0.25) is 4.90 Å². The quantitative estimate of drug-likeness (QED) is 0.847. The van der Waals surface area contributed by atoms with Crippen molar-refractivity contribution in [3.8, 4) is 5.75 Å². The van der Waals surface area contributed by atoms with Gasteiger partial charge in [-0.15, -0.1) is 0 Å². The van der Waals surface area contributed by atoms with Crippen LogP contribution in [0.15, 0.2) is 18.2 Å². The number of nitrogen functional groups attached to an aromatic ring is 1. The second-order valence-electron chi connectivity index (χ2n) is 5.69. The molecule has 3 heteroatoms. The zero-order chi connectivity index (χ0) is 13.8. The van der Waals surface area contributed by atoms with E-state index in [2.05, 4.69) is 24.8 Å². The van der Waals surface area contributed by atoms with E-state index in [0.29, 0.717) is 12.1 Å². The number of hydrogen-bond acceptors (Lipinski definition) is 3. The highest BCUT2D eigenvalue weighted by molar-refractivity contribution is 5.54. The van der Waals surface area contributed by atoms with E-state index in [1.165, 1.54) is 24.8 Å². The molecule has 2 unspecified atom stereocenters. The predicted octanol–water partition coefficient (Wildman–Crippen LogP) is 3.08. The van der Waals surface area contributed by atoms with Gasteiger partial charge in [-0.05, 0) is 50.8 Å². The molecular weight excluding hydrogens is 236 g/mol. The molecule has 0 saturated carbocycles. The van der Waals surface area contributed by atoms with Gasteiger partial charge in [0.15, 0.2) is 0 Å². The maximum absolute atomic E-state index is 5.96. The van der Waals surface area contributed by atoms with Crippen LogP contribution < -0.4 is 10.5 Å². The average molecular weight is 262 g/mol. The molecule has 2 rings (SSSR count). The Labute approximate surface area is 116 Å². The topological polar surface area (TPSA) is 38.5 Å². The molecule has 1 saturated heterocycles.